The van der Waals surface area contributed by atoms with Crippen LogP contribution in [0.15, 0.2) is 53.5 Å². The zero-order valence-electron chi connectivity index (χ0n) is 9.88. The van der Waals surface area contributed by atoms with Crippen molar-refractivity contribution in [2.24, 2.45) is 4.99 Å². The van der Waals surface area contributed by atoms with Gasteiger partial charge in [-0.2, -0.15) is 4.99 Å². The molecule has 0 amide bonds. The monoisotopic (exact) mass is 253 g/mol. The maximum atomic E-state index is 12.2. The van der Waals surface area contributed by atoms with Crippen LogP contribution in [0.5, 0.6) is 0 Å². The van der Waals surface area contributed by atoms with Crippen LogP contribution in [0.3, 0.4) is 0 Å². The molecular formula is C15H11NOS. The number of carbonyl (C=O) groups excluding carboxylic acids is 1. The van der Waals surface area contributed by atoms with Crippen molar-refractivity contribution in [3.05, 3.63) is 65.2 Å². The van der Waals surface area contributed by atoms with E-state index in [-0.39, 0.29) is 5.78 Å². The summed E-state index contributed by atoms with van der Waals surface area (Å²) in [5, 5.41) is 2.29. The van der Waals surface area contributed by atoms with Gasteiger partial charge in [-0.3, -0.25) is 4.79 Å². The van der Waals surface area contributed by atoms with Crippen molar-refractivity contribution < 1.29 is 4.79 Å². The molecule has 88 valence electrons. The first kappa shape index (κ1) is 12.4. The third kappa shape index (κ3) is 2.77. The van der Waals surface area contributed by atoms with Gasteiger partial charge in [0.2, 0.25) is 0 Å². The van der Waals surface area contributed by atoms with Gasteiger partial charge in [0.15, 0.2) is 5.78 Å². The number of benzene rings is 2. The van der Waals surface area contributed by atoms with Gasteiger partial charge in [0, 0.05) is 11.1 Å². The number of nitrogens with zero attached hydrogens (tertiary/aromatic N) is 1. The average Bonchev–Trinajstić information content (AvgIpc) is 2.40. The molecule has 2 aromatic rings. The van der Waals surface area contributed by atoms with Crippen LogP contribution in [-0.2, 0) is 0 Å². The van der Waals surface area contributed by atoms with E-state index >= 15 is 0 Å². The maximum Gasteiger partial charge on any atom is 0.193 e. The molecule has 0 bridgehead atoms. The van der Waals surface area contributed by atoms with E-state index in [1.807, 2.05) is 31.2 Å². The Morgan fingerprint density at radius 1 is 1.00 bits per heavy atom. The third-order valence-electron chi connectivity index (χ3n) is 2.62. The molecule has 0 radical (unpaired) electrons. The van der Waals surface area contributed by atoms with E-state index in [0.29, 0.717) is 16.8 Å². The molecule has 0 aliphatic heterocycles. The topological polar surface area (TPSA) is 29.4 Å². The summed E-state index contributed by atoms with van der Waals surface area (Å²) in [7, 11) is 0. The molecule has 2 aromatic carbocycles. The van der Waals surface area contributed by atoms with Gasteiger partial charge in [-0.25, -0.2) is 0 Å². The van der Waals surface area contributed by atoms with Crippen LogP contribution in [0.1, 0.15) is 21.5 Å². The van der Waals surface area contributed by atoms with Crippen LogP contribution in [0, 0.1) is 6.92 Å². The minimum Gasteiger partial charge on any atom is -0.289 e. The number of ketones is 1. The molecule has 18 heavy (non-hydrogen) atoms. The number of hydrogen-bond acceptors (Lipinski definition) is 3. The van der Waals surface area contributed by atoms with E-state index in [1.54, 1.807) is 24.3 Å². The second-order valence-electron chi connectivity index (χ2n) is 3.95. The summed E-state index contributed by atoms with van der Waals surface area (Å²) in [6, 6.07) is 14.5. The highest BCUT2D eigenvalue weighted by Crippen LogP contribution is 2.15. The first-order valence-electron chi connectivity index (χ1n) is 5.50. The Kier molecular flexibility index (Phi) is 3.78. The highest BCUT2D eigenvalue weighted by molar-refractivity contribution is 7.78. The van der Waals surface area contributed by atoms with Crippen LogP contribution >= 0.6 is 12.2 Å². The average molecular weight is 253 g/mol. The number of hydrogen-bond donors (Lipinski definition) is 0. The maximum absolute atomic E-state index is 12.2. The number of aliphatic imine (C=N–C) groups is 1. The molecule has 0 heterocycles. The quantitative estimate of drug-likeness (QED) is 0.470. The highest BCUT2D eigenvalue weighted by Gasteiger charge is 2.08. The number of rotatable bonds is 3. The molecule has 0 spiro atoms. The molecular weight excluding hydrogens is 242 g/mol. The molecule has 0 unspecified atom stereocenters. The lowest BCUT2D eigenvalue weighted by Crippen LogP contribution is -2.00. The number of thiocarbonyl (C=S) groups is 1. The van der Waals surface area contributed by atoms with Crippen molar-refractivity contribution in [2.45, 2.75) is 6.92 Å². The van der Waals surface area contributed by atoms with Crippen molar-refractivity contribution in [2.75, 3.05) is 0 Å². The smallest absolute Gasteiger partial charge is 0.193 e. The lowest BCUT2D eigenvalue weighted by Gasteiger charge is -2.02. The van der Waals surface area contributed by atoms with Crippen molar-refractivity contribution >= 4 is 28.8 Å². The fourth-order valence-corrected chi connectivity index (χ4v) is 1.72. The fraction of sp³-hybridized carbons (Fsp3) is 0.0667. The van der Waals surface area contributed by atoms with E-state index < -0.39 is 0 Å². The summed E-state index contributed by atoms with van der Waals surface area (Å²) in [6.45, 7) is 1.99. The van der Waals surface area contributed by atoms with Crippen LogP contribution in [0.2, 0.25) is 0 Å². The Morgan fingerprint density at radius 3 is 2.00 bits per heavy atom. The molecule has 0 aliphatic rings. The van der Waals surface area contributed by atoms with E-state index in [9.17, 15) is 4.79 Å². The lowest BCUT2D eigenvalue weighted by atomic mass is 10.0. The molecule has 3 heteroatoms. The minimum atomic E-state index is 0.00730. The Bertz CT molecular complexity index is 608. The number of isothiocyanates is 1. The Hall–Kier alpha value is -2.09. The van der Waals surface area contributed by atoms with Gasteiger partial charge in [0.05, 0.1) is 10.8 Å². The van der Waals surface area contributed by atoms with Gasteiger partial charge >= 0.3 is 0 Å². The molecule has 2 nitrogen and oxygen atoms in total. The Balaban J connectivity index is 2.28. The summed E-state index contributed by atoms with van der Waals surface area (Å²) < 4.78 is 0. The van der Waals surface area contributed by atoms with Crippen molar-refractivity contribution in [1.82, 2.24) is 0 Å². The van der Waals surface area contributed by atoms with Crippen LogP contribution in [0.4, 0.5) is 5.69 Å². The van der Waals surface area contributed by atoms with Gasteiger partial charge in [0.25, 0.3) is 0 Å². The Labute approximate surface area is 111 Å². The summed E-state index contributed by atoms with van der Waals surface area (Å²) in [6.07, 6.45) is 0. The molecule has 0 aromatic heterocycles. The predicted molar refractivity (Wildman–Crippen MR) is 75.7 cm³/mol. The normalized spacial score (nSPS) is 9.61. The van der Waals surface area contributed by atoms with E-state index in [1.165, 1.54) is 0 Å². The van der Waals surface area contributed by atoms with Crippen molar-refractivity contribution in [3.63, 3.8) is 0 Å². The second kappa shape index (κ2) is 5.50. The van der Waals surface area contributed by atoms with Gasteiger partial charge < -0.3 is 0 Å². The molecule has 0 atom stereocenters. The van der Waals surface area contributed by atoms with Crippen molar-refractivity contribution in [3.8, 4) is 0 Å². The van der Waals surface area contributed by atoms with Gasteiger partial charge in [0.1, 0.15) is 0 Å². The summed E-state index contributed by atoms with van der Waals surface area (Å²) in [5.74, 6) is 0.00730. The van der Waals surface area contributed by atoms with Gasteiger partial charge in [-0.05, 0) is 43.4 Å². The first-order valence-corrected chi connectivity index (χ1v) is 5.91. The molecule has 0 fully saturated rings. The van der Waals surface area contributed by atoms with Gasteiger partial charge in [-0.1, -0.05) is 29.8 Å². The molecule has 0 saturated carbocycles. The minimum absolute atomic E-state index is 0.00730. The van der Waals surface area contributed by atoms with E-state index in [4.69, 9.17) is 0 Å². The SMILES string of the molecule is Cc1ccc(C(=O)c2ccc(N=C=S)cc2)cc1. The number of aryl methyl sites for hydroxylation is 1. The third-order valence-corrected chi connectivity index (χ3v) is 2.71. The van der Waals surface area contributed by atoms with Gasteiger partial charge in [-0.15, -0.1) is 0 Å². The molecule has 0 N–H and O–H groups in total. The Morgan fingerprint density at radius 2 is 1.50 bits per heavy atom. The predicted octanol–water partition coefficient (Wildman–Crippen LogP) is 3.96. The molecule has 0 saturated heterocycles. The van der Waals surface area contributed by atoms with Crippen LogP contribution in [-0.4, -0.2) is 10.9 Å². The molecule has 0 aliphatic carbocycles. The zero-order chi connectivity index (χ0) is 13.0. The summed E-state index contributed by atoms with van der Waals surface area (Å²) in [4.78, 5) is 16.0. The highest BCUT2D eigenvalue weighted by atomic mass is 32.1. The summed E-state index contributed by atoms with van der Waals surface area (Å²) >= 11 is 4.52. The second-order valence-corrected chi connectivity index (χ2v) is 4.13. The van der Waals surface area contributed by atoms with Crippen molar-refractivity contribution in [1.29, 1.82) is 0 Å². The lowest BCUT2D eigenvalue weighted by molar-refractivity contribution is 0.103. The molecule has 2 rings (SSSR count). The van der Waals surface area contributed by atoms with E-state index in [0.717, 1.165) is 5.56 Å². The largest absolute Gasteiger partial charge is 0.289 e. The summed E-state index contributed by atoms with van der Waals surface area (Å²) in [5.41, 5.74) is 3.16. The number of carbonyl (C=O) groups is 1. The zero-order valence-corrected chi connectivity index (χ0v) is 10.7. The van der Waals surface area contributed by atoms with Crippen LogP contribution < -0.4 is 0 Å². The standard InChI is InChI=1S/C15H11NOS/c1-11-2-4-12(5-3-11)15(17)13-6-8-14(9-7-13)16-10-18/h2-9H,1H3. The fourth-order valence-electron chi connectivity index (χ4n) is 1.61. The first-order chi connectivity index (χ1) is 8.70. The van der Waals surface area contributed by atoms with E-state index in [2.05, 4.69) is 22.4 Å². The van der Waals surface area contributed by atoms with Crippen LogP contribution in [0.25, 0.3) is 0 Å².